The summed E-state index contributed by atoms with van der Waals surface area (Å²) >= 11 is 2.08. The summed E-state index contributed by atoms with van der Waals surface area (Å²) in [6.45, 7) is 14.9. The lowest BCUT2D eigenvalue weighted by molar-refractivity contribution is 0.408. The van der Waals surface area contributed by atoms with E-state index in [1.54, 1.807) is 0 Å². The molecule has 0 heterocycles. The third-order valence-corrected chi connectivity index (χ3v) is 4.11. The van der Waals surface area contributed by atoms with E-state index < -0.39 is 0 Å². The summed E-state index contributed by atoms with van der Waals surface area (Å²) in [5, 5.41) is 3.62. The van der Waals surface area contributed by atoms with Crippen LogP contribution in [0.4, 0.5) is 0 Å². The standard InChI is InChI=1S/C14H31NS/c1-7-9-12(3)10-13(15-8-2)11-16-14(4,5)6/h12-13,15H,7-11H2,1-6H3. The van der Waals surface area contributed by atoms with E-state index >= 15 is 0 Å². The molecule has 98 valence electrons. The quantitative estimate of drug-likeness (QED) is 0.683. The molecule has 0 aromatic heterocycles. The van der Waals surface area contributed by atoms with Gasteiger partial charge >= 0.3 is 0 Å². The van der Waals surface area contributed by atoms with Gasteiger partial charge in [-0.3, -0.25) is 0 Å². The summed E-state index contributed by atoms with van der Waals surface area (Å²) in [6.07, 6.45) is 4.00. The second kappa shape index (κ2) is 8.41. The van der Waals surface area contributed by atoms with Gasteiger partial charge in [-0.1, -0.05) is 54.4 Å². The van der Waals surface area contributed by atoms with Crippen molar-refractivity contribution >= 4 is 11.8 Å². The molecule has 0 aliphatic heterocycles. The van der Waals surface area contributed by atoms with Crippen molar-refractivity contribution in [3.8, 4) is 0 Å². The van der Waals surface area contributed by atoms with Crippen LogP contribution in [0.25, 0.3) is 0 Å². The van der Waals surface area contributed by atoms with Crippen LogP contribution in [0.3, 0.4) is 0 Å². The molecule has 0 aliphatic rings. The van der Waals surface area contributed by atoms with Crippen molar-refractivity contribution in [3.05, 3.63) is 0 Å². The highest BCUT2D eigenvalue weighted by Gasteiger charge is 2.16. The fourth-order valence-corrected chi connectivity index (χ4v) is 2.90. The Morgan fingerprint density at radius 2 is 1.81 bits per heavy atom. The molecule has 0 radical (unpaired) electrons. The molecule has 0 bridgehead atoms. The molecule has 16 heavy (non-hydrogen) atoms. The molecule has 0 aromatic rings. The molecule has 1 N–H and O–H groups in total. The maximum Gasteiger partial charge on any atom is 0.0160 e. The first-order valence-electron chi connectivity index (χ1n) is 6.76. The van der Waals surface area contributed by atoms with Crippen LogP contribution in [0.15, 0.2) is 0 Å². The first-order valence-corrected chi connectivity index (χ1v) is 7.75. The molecule has 2 heteroatoms. The highest BCUT2D eigenvalue weighted by Crippen LogP contribution is 2.25. The van der Waals surface area contributed by atoms with E-state index in [4.69, 9.17) is 0 Å². The van der Waals surface area contributed by atoms with E-state index in [0.29, 0.717) is 10.8 Å². The van der Waals surface area contributed by atoms with Gasteiger partial charge in [0.1, 0.15) is 0 Å². The summed E-state index contributed by atoms with van der Waals surface area (Å²) < 4.78 is 0.391. The number of rotatable bonds is 8. The Kier molecular flexibility index (Phi) is 8.57. The third-order valence-electron chi connectivity index (χ3n) is 2.68. The van der Waals surface area contributed by atoms with Gasteiger partial charge in [-0.05, 0) is 18.9 Å². The summed E-state index contributed by atoms with van der Waals surface area (Å²) in [5.74, 6) is 2.10. The number of hydrogen-bond donors (Lipinski definition) is 1. The van der Waals surface area contributed by atoms with Gasteiger partial charge in [-0.2, -0.15) is 11.8 Å². The lowest BCUT2D eigenvalue weighted by Crippen LogP contribution is -2.34. The predicted molar refractivity (Wildman–Crippen MR) is 78.4 cm³/mol. The molecular weight excluding hydrogens is 214 g/mol. The van der Waals surface area contributed by atoms with Gasteiger partial charge in [0.2, 0.25) is 0 Å². The molecule has 0 rings (SSSR count). The summed E-state index contributed by atoms with van der Waals surface area (Å²) in [5.41, 5.74) is 0. The minimum Gasteiger partial charge on any atom is -0.313 e. The van der Waals surface area contributed by atoms with E-state index in [-0.39, 0.29) is 0 Å². The van der Waals surface area contributed by atoms with Gasteiger partial charge in [0, 0.05) is 16.5 Å². The Hall–Kier alpha value is 0.310. The highest BCUT2D eigenvalue weighted by atomic mass is 32.2. The van der Waals surface area contributed by atoms with Crippen molar-refractivity contribution in [3.63, 3.8) is 0 Å². The Balaban J connectivity index is 3.96. The molecule has 2 atom stereocenters. The van der Waals surface area contributed by atoms with Crippen LogP contribution in [0.2, 0.25) is 0 Å². The fourth-order valence-electron chi connectivity index (χ4n) is 1.95. The van der Waals surface area contributed by atoms with Gasteiger partial charge in [-0.15, -0.1) is 0 Å². The van der Waals surface area contributed by atoms with Gasteiger partial charge < -0.3 is 5.32 Å². The highest BCUT2D eigenvalue weighted by molar-refractivity contribution is 8.00. The maximum absolute atomic E-state index is 3.62. The van der Waals surface area contributed by atoms with Crippen LogP contribution in [-0.4, -0.2) is 23.1 Å². The van der Waals surface area contributed by atoms with E-state index in [1.165, 1.54) is 25.0 Å². The number of nitrogens with one attached hydrogen (secondary N) is 1. The van der Waals surface area contributed by atoms with Gasteiger partial charge in [0.15, 0.2) is 0 Å². The zero-order chi connectivity index (χ0) is 12.6. The average molecular weight is 245 g/mol. The zero-order valence-corrected chi connectivity index (χ0v) is 12.9. The monoisotopic (exact) mass is 245 g/mol. The topological polar surface area (TPSA) is 12.0 Å². The van der Waals surface area contributed by atoms with E-state index in [1.807, 2.05) is 0 Å². The predicted octanol–water partition coefficient (Wildman–Crippen LogP) is 4.32. The minimum absolute atomic E-state index is 0.391. The number of thioether (sulfide) groups is 1. The van der Waals surface area contributed by atoms with Crippen molar-refractivity contribution in [2.45, 2.75) is 71.6 Å². The molecule has 0 aromatic carbocycles. The average Bonchev–Trinajstić information content (AvgIpc) is 2.14. The Bertz CT molecular complexity index is 163. The normalized spacial score (nSPS) is 16.1. The molecule has 1 nitrogen and oxygen atoms in total. The van der Waals surface area contributed by atoms with Gasteiger partial charge in [0.05, 0.1) is 0 Å². The van der Waals surface area contributed by atoms with Crippen LogP contribution in [-0.2, 0) is 0 Å². The van der Waals surface area contributed by atoms with Gasteiger partial charge in [0.25, 0.3) is 0 Å². The summed E-state index contributed by atoms with van der Waals surface area (Å²) in [4.78, 5) is 0. The molecule has 0 amide bonds. The second-order valence-corrected chi connectivity index (χ2v) is 7.65. The number of hydrogen-bond acceptors (Lipinski definition) is 2. The molecule has 0 saturated carbocycles. The van der Waals surface area contributed by atoms with E-state index in [2.05, 4.69) is 58.6 Å². The smallest absolute Gasteiger partial charge is 0.0160 e. The maximum atomic E-state index is 3.62. The summed E-state index contributed by atoms with van der Waals surface area (Å²) in [7, 11) is 0. The largest absolute Gasteiger partial charge is 0.313 e. The van der Waals surface area contributed by atoms with Gasteiger partial charge in [-0.25, -0.2) is 0 Å². The van der Waals surface area contributed by atoms with Crippen molar-refractivity contribution in [2.24, 2.45) is 5.92 Å². The van der Waals surface area contributed by atoms with Crippen LogP contribution in [0.1, 0.15) is 60.8 Å². The fraction of sp³-hybridized carbons (Fsp3) is 1.00. The molecular formula is C14H31NS. The second-order valence-electron chi connectivity index (χ2n) is 5.81. The molecule has 0 fully saturated rings. The van der Waals surface area contributed by atoms with Crippen molar-refractivity contribution < 1.29 is 0 Å². The molecule has 0 saturated heterocycles. The van der Waals surface area contributed by atoms with E-state index in [9.17, 15) is 0 Å². The van der Waals surface area contributed by atoms with Crippen molar-refractivity contribution in [2.75, 3.05) is 12.3 Å². The zero-order valence-electron chi connectivity index (χ0n) is 12.1. The SMILES string of the molecule is CCCC(C)CC(CSC(C)(C)C)NCC. The lowest BCUT2D eigenvalue weighted by atomic mass is 9.98. The molecule has 0 aliphatic carbocycles. The van der Waals surface area contributed by atoms with Crippen LogP contribution < -0.4 is 5.32 Å². The third kappa shape index (κ3) is 9.53. The van der Waals surface area contributed by atoms with E-state index in [0.717, 1.165) is 12.5 Å². The Labute approximate surface area is 107 Å². The van der Waals surface area contributed by atoms with Crippen LogP contribution in [0.5, 0.6) is 0 Å². The Morgan fingerprint density at radius 3 is 2.25 bits per heavy atom. The minimum atomic E-state index is 0.391. The first-order chi connectivity index (χ1) is 7.39. The lowest BCUT2D eigenvalue weighted by Gasteiger charge is -2.25. The molecule has 2 unspecified atom stereocenters. The first kappa shape index (κ1) is 16.3. The molecule has 0 spiro atoms. The van der Waals surface area contributed by atoms with Crippen LogP contribution in [0, 0.1) is 5.92 Å². The summed E-state index contributed by atoms with van der Waals surface area (Å²) in [6, 6.07) is 0.691. The Morgan fingerprint density at radius 1 is 1.19 bits per heavy atom. The van der Waals surface area contributed by atoms with Crippen molar-refractivity contribution in [1.29, 1.82) is 0 Å². The van der Waals surface area contributed by atoms with Crippen molar-refractivity contribution in [1.82, 2.24) is 5.32 Å². The van der Waals surface area contributed by atoms with Crippen LogP contribution >= 0.6 is 11.8 Å².